The average molecular weight is 496 g/mol. The Labute approximate surface area is 217 Å². The van der Waals surface area contributed by atoms with E-state index in [0.29, 0.717) is 29.4 Å². The molecule has 7 heteroatoms. The van der Waals surface area contributed by atoms with Crippen LogP contribution in [0.3, 0.4) is 0 Å². The Morgan fingerprint density at radius 1 is 0.919 bits per heavy atom. The number of carbonyl (C=O) groups is 2. The zero-order valence-electron chi connectivity index (χ0n) is 21.5. The summed E-state index contributed by atoms with van der Waals surface area (Å²) < 4.78 is 0. The molecule has 1 aromatic heterocycles. The molecule has 2 aromatic carbocycles. The van der Waals surface area contributed by atoms with Gasteiger partial charge in [0.15, 0.2) is 5.78 Å². The molecule has 0 aliphatic heterocycles. The van der Waals surface area contributed by atoms with Gasteiger partial charge >= 0.3 is 0 Å². The van der Waals surface area contributed by atoms with Crippen LogP contribution in [0.1, 0.15) is 66.8 Å². The monoisotopic (exact) mass is 495 g/mol. The van der Waals surface area contributed by atoms with Crippen molar-refractivity contribution in [2.24, 2.45) is 10.8 Å². The second-order valence-corrected chi connectivity index (χ2v) is 11.9. The standard InChI is InChI=1S/C30H33N5O2/c1-35(2)26-20-9-5-6-10-22(20)31-28(34-26)33-25-17-30(25)13-11-29(12-14-30)16-24(29)32-27(37)21-15-23(36)19-8-4-3-7-18(19)21/h3-10,21,24-25H,11-17H2,1-2H3,(H,32,37)(H,31,33,34)/t21?,24-,25?,29?,30?/m1/s1. The van der Waals surface area contributed by atoms with Gasteiger partial charge < -0.3 is 15.5 Å². The quantitative estimate of drug-likeness (QED) is 0.534. The first kappa shape index (κ1) is 22.7. The van der Waals surface area contributed by atoms with Crippen LogP contribution in [0, 0.1) is 10.8 Å². The number of benzene rings is 2. The molecule has 3 saturated carbocycles. The van der Waals surface area contributed by atoms with Crippen molar-refractivity contribution in [3.05, 3.63) is 59.7 Å². The molecule has 0 radical (unpaired) electrons. The van der Waals surface area contributed by atoms with E-state index >= 15 is 0 Å². The van der Waals surface area contributed by atoms with E-state index in [1.807, 2.05) is 61.5 Å². The van der Waals surface area contributed by atoms with Crippen LogP contribution in [-0.2, 0) is 4.79 Å². The molecule has 3 aromatic rings. The number of amides is 1. The molecule has 3 atom stereocenters. The molecule has 3 fully saturated rings. The van der Waals surface area contributed by atoms with Gasteiger partial charge in [0.05, 0.1) is 11.4 Å². The van der Waals surface area contributed by atoms with Crippen LogP contribution in [0.15, 0.2) is 48.5 Å². The predicted molar refractivity (Wildman–Crippen MR) is 144 cm³/mol. The van der Waals surface area contributed by atoms with Gasteiger partial charge in [0.1, 0.15) is 5.82 Å². The zero-order chi connectivity index (χ0) is 25.4. The molecule has 4 aliphatic carbocycles. The molecule has 2 N–H and O–H groups in total. The van der Waals surface area contributed by atoms with Crippen LogP contribution >= 0.6 is 0 Å². The fourth-order valence-corrected chi connectivity index (χ4v) is 7.04. The van der Waals surface area contributed by atoms with Crippen LogP contribution in [0.2, 0.25) is 0 Å². The van der Waals surface area contributed by atoms with Gasteiger partial charge in [-0.05, 0) is 67.1 Å². The maximum Gasteiger partial charge on any atom is 0.228 e. The van der Waals surface area contributed by atoms with Crippen molar-refractivity contribution in [3.63, 3.8) is 0 Å². The van der Waals surface area contributed by atoms with E-state index in [-0.39, 0.29) is 29.1 Å². The molecule has 1 heterocycles. The van der Waals surface area contributed by atoms with E-state index < -0.39 is 0 Å². The number of carbonyl (C=O) groups excluding carboxylic acids is 2. The molecular formula is C30H33N5O2. The number of aromatic nitrogens is 2. The maximum absolute atomic E-state index is 13.1. The SMILES string of the molecule is CN(C)c1nc(NC2CC23CCC2(CC3)C[C@H]2NC(=O)C2CC(=O)c3ccccc32)nc2ccccc12. The normalized spacial score (nSPS) is 31.4. The minimum absolute atomic E-state index is 0.0246. The van der Waals surface area contributed by atoms with Crippen molar-refractivity contribution in [1.82, 2.24) is 15.3 Å². The lowest BCUT2D eigenvalue weighted by Gasteiger charge is -2.31. The van der Waals surface area contributed by atoms with E-state index in [9.17, 15) is 9.59 Å². The first-order valence-electron chi connectivity index (χ1n) is 13.5. The number of anilines is 2. The number of rotatable bonds is 5. The van der Waals surface area contributed by atoms with Crippen LogP contribution in [0.4, 0.5) is 11.8 Å². The van der Waals surface area contributed by atoms with E-state index in [2.05, 4.69) is 16.7 Å². The Balaban J connectivity index is 0.977. The van der Waals surface area contributed by atoms with Crippen LogP contribution in [0.5, 0.6) is 0 Å². The van der Waals surface area contributed by atoms with E-state index in [1.165, 1.54) is 12.8 Å². The van der Waals surface area contributed by atoms with Crippen LogP contribution < -0.4 is 15.5 Å². The molecule has 2 unspecified atom stereocenters. The second-order valence-electron chi connectivity index (χ2n) is 11.9. The molecule has 0 bridgehead atoms. The lowest BCUT2D eigenvalue weighted by molar-refractivity contribution is -0.122. The summed E-state index contributed by atoms with van der Waals surface area (Å²) in [6.07, 6.45) is 7.18. The van der Waals surface area contributed by atoms with E-state index in [1.54, 1.807) is 0 Å². The van der Waals surface area contributed by atoms with Gasteiger partial charge in [0.2, 0.25) is 11.9 Å². The van der Waals surface area contributed by atoms with Crippen LogP contribution in [0.25, 0.3) is 10.9 Å². The molecule has 2 spiro atoms. The first-order valence-corrected chi connectivity index (χ1v) is 13.5. The third kappa shape index (κ3) is 3.70. The number of para-hydroxylation sites is 1. The van der Waals surface area contributed by atoms with E-state index in [4.69, 9.17) is 9.97 Å². The molecule has 7 rings (SSSR count). The Bertz CT molecular complexity index is 1420. The van der Waals surface area contributed by atoms with Gasteiger partial charge in [-0.2, -0.15) is 4.98 Å². The number of nitrogens with zero attached hydrogens (tertiary/aromatic N) is 3. The molecule has 7 nitrogen and oxygen atoms in total. The number of hydrogen-bond acceptors (Lipinski definition) is 6. The van der Waals surface area contributed by atoms with Crippen molar-refractivity contribution in [3.8, 4) is 0 Å². The van der Waals surface area contributed by atoms with Crippen molar-refractivity contribution in [1.29, 1.82) is 0 Å². The Morgan fingerprint density at radius 2 is 1.59 bits per heavy atom. The Kier molecular flexibility index (Phi) is 4.91. The van der Waals surface area contributed by atoms with Crippen molar-refractivity contribution in [2.45, 2.75) is 62.9 Å². The fraction of sp³-hybridized carbons (Fsp3) is 0.467. The number of ketones is 1. The van der Waals surface area contributed by atoms with Gasteiger partial charge in [-0.25, -0.2) is 4.98 Å². The fourth-order valence-electron chi connectivity index (χ4n) is 7.04. The molecule has 190 valence electrons. The number of Topliss-reactive ketones (excluding diaryl/α,β-unsaturated/α-hetero) is 1. The summed E-state index contributed by atoms with van der Waals surface area (Å²) in [5, 5.41) is 8.04. The minimum atomic E-state index is -0.331. The molecular weight excluding hydrogens is 462 g/mol. The number of fused-ring (bicyclic) bond motifs is 2. The lowest BCUT2D eigenvalue weighted by atomic mass is 9.76. The summed E-state index contributed by atoms with van der Waals surface area (Å²) in [5.74, 6) is 1.43. The molecule has 1 amide bonds. The lowest BCUT2D eigenvalue weighted by Crippen LogP contribution is -2.35. The summed E-state index contributed by atoms with van der Waals surface area (Å²) in [4.78, 5) is 37.1. The third-order valence-electron chi connectivity index (χ3n) is 9.59. The minimum Gasteiger partial charge on any atom is -0.362 e. The number of nitrogens with one attached hydrogen (secondary N) is 2. The topological polar surface area (TPSA) is 87.2 Å². The Morgan fingerprint density at radius 3 is 2.38 bits per heavy atom. The highest BCUT2D eigenvalue weighted by molar-refractivity contribution is 6.06. The first-order chi connectivity index (χ1) is 17.9. The highest BCUT2D eigenvalue weighted by Gasteiger charge is 2.64. The van der Waals surface area contributed by atoms with Gasteiger partial charge in [0.25, 0.3) is 0 Å². The Hall–Kier alpha value is -3.48. The third-order valence-corrected chi connectivity index (χ3v) is 9.59. The summed E-state index contributed by atoms with van der Waals surface area (Å²) >= 11 is 0. The van der Waals surface area contributed by atoms with Gasteiger partial charge in [-0.1, -0.05) is 36.4 Å². The van der Waals surface area contributed by atoms with Crippen molar-refractivity contribution >= 4 is 34.4 Å². The number of hydrogen-bond donors (Lipinski definition) is 2. The van der Waals surface area contributed by atoms with Crippen molar-refractivity contribution < 1.29 is 9.59 Å². The van der Waals surface area contributed by atoms with Gasteiger partial charge in [0, 0.05) is 43.5 Å². The summed E-state index contributed by atoms with van der Waals surface area (Å²) in [6.45, 7) is 0. The van der Waals surface area contributed by atoms with Crippen molar-refractivity contribution in [2.75, 3.05) is 24.3 Å². The smallest absolute Gasteiger partial charge is 0.228 e. The van der Waals surface area contributed by atoms with Gasteiger partial charge in [-0.15, -0.1) is 0 Å². The molecule has 0 saturated heterocycles. The van der Waals surface area contributed by atoms with Gasteiger partial charge in [-0.3, -0.25) is 9.59 Å². The zero-order valence-corrected chi connectivity index (χ0v) is 21.5. The summed E-state index contributed by atoms with van der Waals surface area (Å²) in [5.41, 5.74) is 3.14. The molecule has 37 heavy (non-hydrogen) atoms. The largest absolute Gasteiger partial charge is 0.362 e. The summed E-state index contributed by atoms with van der Waals surface area (Å²) in [6, 6.07) is 16.4. The van der Waals surface area contributed by atoms with E-state index in [0.717, 1.165) is 48.0 Å². The summed E-state index contributed by atoms with van der Waals surface area (Å²) in [7, 11) is 4.04. The molecule has 4 aliphatic rings. The highest BCUT2D eigenvalue weighted by Crippen LogP contribution is 2.67. The average Bonchev–Trinajstić information content (AvgIpc) is 3.73. The van der Waals surface area contributed by atoms with Crippen LogP contribution in [-0.4, -0.2) is 47.8 Å². The second kappa shape index (κ2) is 8.01. The highest BCUT2D eigenvalue weighted by atomic mass is 16.2. The predicted octanol–water partition coefficient (Wildman–Crippen LogP) is 4.69. The maximum atomic E-state index is 13.1.